The molecule has 7 heteroatoms. The quantitative estimate of drug-likeness (QED) is 0.836. The normalized spacial score (nSPS) is 26.1. The lowest BCUT2D eigenvalue weighted by Crippen LogP contribution is -2.45. The Balaban J connectivity index is 1.45. The van der Waals surface area contributed by atoms with Gasteiger partial charge in [0.2, 0.25) is 5.89 Å². The van der Waals surface area contributed by atoms with E-state index < -0.39 is 0 Å². The number of carbonyl (C=O) groups excluding carboxylic acids is 1. The van der Waals surface area contributed by atoms with Crippen molar-refractivity contribution in [1.82, 2.24) is 15.5 Å². The van der Waals surface area contributed by atoms with Gasteiger partial charge in [-0.2, -0.15) is 0 Å². The maximum absolute atomic E-state index is 12.5. The monoisotopic (exact) mass is 345 g/mol. The van der Waals surface area contributed by atoms with Crippen LogP contribution in [0.1, 0.15) is 36.0 Å². The van der Waals surface area contributed by atoms with Crippen LogP contribution >= 0.6 is 12.2 Å². The first-order valence-electron chi connectivity index (χ1n) is 8.29. The molecule has 24 heavy (non-hydrogen) atoms. The summed E-state index contributed by atoms with van der Waals surface area (Å²) in [5.74, 6) is 0.836. The number of aromatic nitrogens is 2. The summed E-state index contributed by atoms with van der Waals surface area (Å²) in [5.41, 5.74) is 1.41. The highest BCUT2D eigenvalue weighted by molar-refractivity contribution is 7.71. The predicted molar refractivity (Wildman–Crippen MR) is 90.1 cm³/mol. The molecule has 2 aromatic rings. The summed E-state index contributed by atoms with van der Waals surface area (Å²) in [4.78, 5) is 12.8. The third-order valence-electron chi connectivity index (χ3n) is 4.93. The smallest absolute Gasteiger partial charge is 0.284 e. The van der Waals surface area contributed by atoms with Gasteiger partial charge in [-0.1, -0.05) is 0 Å². The average Bonchev–Trinajstić information content (AvgIpc) is 3.24. The van der Waals surface area contributed by atoms with Crippen LogP contribution in [0.2, 0.25) is 0 Å². The number of fused-ring (bicyclic) bond motifs is 1. The minimum atomic E-state index is -0.0398. The van der Waals surface area contributed by atoms with Gasteiger partial charge in [0.1, 0.15) is 0 Å². The van der Waals surface area contributed by atoms with E-state index in [0.29, 0.717) is 23.5 Å². The Morgan fingerprint density at radius 1 is 1.25 bits per heavy atom. The van der Waals surface area contributed by atoms with Crippen LogP contribution in [0.5, 0.6) is 0 Å². The number of aromatic amines is 1. The highest BCUT2D eigenvalue weighted by atomic mass is 32.1. The number of ether oxygens (including phenoxy) is 1. The molecule has 2 fully saturated rings. The number of hydrogen-bond donors (Lipinski definition) is 2. The van der Waals surface area contributed by atoms with E-state index in [1.165, 1.54) is 0 Å². The van der Waals surface area contributed by atoms with Crippen LogP contribution in [0, 0.1) is 10.8 Å². The van der Waals surface area contributed by atoms with Crippen molar-refractivity contribution in [2.75, 3.05) is 6.61 Å². The largest absolute Gasteiger partial charge is 0.409 e. The van der Waals surface area contributed by atoms with Crippen LogP contribution in [0.4, 0.5) is 0 Å². The molecular formula is C17H19N3O3S. The van der Waals surface area contributed by atoms with E-state index in [1.807, 2.05) is 12.1 Å². The highest BCUT2D eigenvalue weighted by Crippen LogP contribution is 2.34. The second-order valence-electron chi connectivity index (χ2n) is 6.37. The van der Waals surface area contributed by atoms with Gasteiger partial charge in [0, 0.05) is 29.7 Å². The number of benzene rings is 1. The van der Waals surface area contributed by atoms with Crippen molar-refractivity contribution in [2.24, 2.45) is 5.92 Å². The summed E-state index contributed by atoms with van der Waals surface area (Å²) in [7, 11) is 0. The van der Waals surface area contributed by atoms with Crippen LogP contribution in [-0.2, 0) is 4.74 Å². The molecule has 1 saturated heterocycles. The predicted octanol–water partition coefficient (Wildman–Crippen LogP) is 3.09. The van der Waals surface area contributed by atoms with Crippen molar-refractivity contribution in [2.45, 2.75) is 37.8 Å². The lowest BCUT2D eigenvalue weighted by molar-refractivity contribution is 0.0510. The molecule has 126 valence electrons. The molecule has 6 nitrogen and oxygen atoms in total. The average molecular weight is 345 g/mol. The minimum Gasteiger partial charge on any atom is -0.409 e. The maximum Gasteiger partial charge on any atom is 0.284 e. The summed E-state index contributed by atoms with van der Waals surface area (Å²) in [6.07, 6.45) is 4.61. The zero-order chi connectivity index (χ0) is 16.5. The van der Waals surface area contributed by atoms with Crippen molar-refractivity contribution in [3.63, 3.8) is 0 Å². The SMILES string of the molecule is O=C(N[C@@H]1CCC[C@H]2OCC[C@@H]12)c1ccc(-c2n[nH]c(=S)o2)cc1. The fraction of sp³-hybridized carbons (Fsp3) is 0.471. The Labute approximate surface area is 144 Å². The van der Waals surface area contributed by atoms with E-state index >= 15 is 0 Å². The molecule has 0 unspecified atom stereocenters. The first-order valence-corrected chi connectivity index (χ1v) is 8.70. The second kappa shape index (κ2) is 6.49. The molecule has 1 aliphatic carbocycles. The van der Waals surface area contributed by atoms with Gasteiger partial charge in [-0.3, -0.25) is 4.79 Å². The molecule has 3 atom stereocenters. The first kappa shape index (κ1) is 15.5. The third kappa shape index (κ3) is 3.01. The number of carbonyl (C=O) groups is 1. The summed E-state index contributed by atoms with van der Waals surface area (Å²) < 4.78 is 11.0. The first-order chi connectivity index (χ1) is 11.7. The molecule has 1 aromatic carbocycles. The molecule has 0 radical (unpaired) electrons. The molecule has 1 aromatic heterocycles. The number of H-pyrrole nitrogens is 1. The molecule has 1 saturated carbocycles. The lowest BCUT2D eigenvalue weighted by Gasteiger charge is -2.33. The molecule has 4 rings (SSSR count). The van der Waals surface area contributed by atoms with E-state index in [2.05, 4.69) is 15.5 Å². The number of nitrogens with zero attached hydrogens (tertiary/aromatic N) is 1. The number of hydrogen-bond acceptors (Lipinski definition) is 5. The fourth-order valence-corrected chi connectivity index (χ4v) is 3.85. The van der Waals surface area contributed by atoms with Crippen molar-refractivity contribution in [1.29, 1.82) is 0 Å². The van der Waals surface area contributed by atoms with Crippen LogP contribution in [0.25, 0.3) is 11.5 Å². The lowest BCUT2D eigenvalue weighted by atomic mass is 9.81. The molecule has 2 N–H and O–H groups in total. The van der Waals surface area contributed by atoms with Crippen molar-refractivity contribution in [3.05, 3.63) is 34.7 Å². The Morgan fingerprint density at radius 2 is 2.08 bits per heavy atom. The molecule has 2 aliphatic rings. The summed E-state index contributed by atoms with van der Waals surface area (Å²) in [6.45, 7) is 0.814. The Morgan fingerprint density at radius 3 is 2.83 bits per heavy atom. The Hall–Kier alpha value is -1.99. The van der Waals surface area contributed by atoms with E-state index in [1.54, 1.807) is 12.1 Å². The zero-order valence-electron chi connectivity index (χ0n) is 13.2. The molecular weight excluding hydrogens is 326 g/mol. The van der Waals surface area contributed by atoms with Gasteiger partial charge in [0.05, 0.1) is 6.10 Å². The Kier molecular flexibility index (Phi) is 4.20. The minimum absolute atomic E-state index is 0.0398. The van der Waals surface area contributed by atoms with Gasteiger partial charge < -0.3 is 14.5 Å². The summed E-state index contributed by atoms with van der Waals surface area (Å²) in [6, 6.07) is 7.40. The van der Waals surface area contributed by atoms with Gasteiger partial charge in [0.25, 0.3) is 10.7 Å². The fourth-order valence-electron chi connectivity index (χ4n) is 3.72. The van der Waals surface area contributed by atoms with Crippen molar-refractivity contribution < 1.29 is 13.9 Å². The highest BCUT2D eigenvalue weighted by Gasteiger charge is 2.38. The molecule has 2 heterocycles. The van der Waals surface area contributed by atoms with Gasteiger partial charge in [-0.25, -0.2) is 5.10 Å². The van der Waals surface area contributed by atoms with Crippen LogP contribution in [-0.4, -0.2) is 34.9 Å². The standard InChI is InChI=1S/C17H19N3O3S/c21-15(18-13-2-1-3-14-12(13)8-9-22-14)10-4-6-11(7-5-10)16-19-20-17(24)23-16/h4-7,12-14H,1-3,8-9H2,(H,18,21)(H,20,24)/t12-,13+,14+/m0/s1. The van der Waals surface area contributed by atoms with Gasteiger partial charge in [-0.15, -0.1) is 5.10 Å². The number of rotatable bonds is 3. The summed E-state index contributed by atoms with van der Waals surface area (Å²) in [5, 5.41) is 9.76. The topological polar surface area (TPSA) is 80.1 Å². The van der Waals surface area contributed by atoms with Gasteiger partial charge in [0.15, 0.2) is 0 Å². The van der Waals surface area contributed by atoms with Gasteiger partial charge >= 0.3 is 0 Å². The van der Waals surface area contributed by atoms with E-state index in [4.69, 9.17) is 21.4 Å². The van der Waals surface area contributed by atoms with E-state index in [0.717, 1.165) is 37.9 Å². The van der Waals surface area contributed by atoms with Crippen LogP contribution < -0.4 is 5.32 Å². The molecule has 1 aliphatic heterocycles. The number of amides is 1. The number of nitrogens with one attached hydrogen (secondary N) is 2. The van der Waals surface area contributed by atoms with Crippen molar-refractivity contribution in [3.8, 4) is 11.5 Å². The van der Waals surface area contributed by atoms with E-state index in [-0.39, 0.29) is 16.8 Å². The van der Waals surface area contributed by atoms with Crippen molar-refractivity contribution >= 4 is 18.1 Å². The van der Waals surface area contributed by atoms with Crippen LogP contribution in [0.15, 0.2) is 28.7 Å². The molecule has 0 spiro atoms. The van der Waals surface area contributed by atoms with E-state index in [9.17, 15) is 4.79 Å². The Bertz CT molecular complexity index is 783. The molecule has 1 amide bonds. The zero-order valence-corrected chi connectivity index (χ0v) is 14.0. The molecule has 0 bridgehead atoms. The second-order valence-corrected chi connectivity index (χ2v) is 6.74. The summed E-state index contributed by atoms with van der Waals surface area (Å²) >= 11 is 4.87. The van der Waals surface area contributed by atoms with Crippen LogP contribution in [0.3, 0.4) is 0 Å². The third-order valence-corrected chi connectivity index (χ3v) is 5.10. The van der Waals surface area contributed by atoms with Gasteiger partial charge in [-0.05, 0) is 62.2 Å². The maximum atomic E-state index is 12.5.